The van der Waals surface area contributed by atoms with Gasteiger partial charge < -0.3 is 19.9 Å². The van der Waals surface area contributed by atoms with Crippen molar-refractivity contribution >= 4 is 5.69 Å². The first-order valence-electron chi connectivity index (χ1n) is 6.03. The Kier molecular flexibility index (Phi) is 4.30. The van der Waals surface area contributed by atoms with Crippen LogP contribution in [0.3, 0.4) is 0 Å². The van der Waals surface area contributed by atoms with Gasteiger partial charge in [0, 0.05) is 11.6 Å². The van der Waals surface area contributed by atoms with Gasteiger partial charge in [-0.2, -0.15) is 0 Å². The van der Waals surface area contributed by atoms with Gasteiger partial charge in [-0.25, -0.2) is 4.39 Å². The van der Waals surface area contributed by atoms with Crippen LogP contribution in [0.5, 0.6) is 17.2 Å². The summed E-state index contributed by atoms with van der Waals surface area (Å²) in [5.41, 5.74) is 6.67. The lowest BCUT2D eigenvalue weighted by Crippen LogP contribution is -2.02. The maximum Gasteiger partial charge on any atom is 0.171 e. The molecule has 0 radical (unpaired) electrons. The third-order valence-corrected chi connectivity index (χ3v) is 2.86. The summed E-state index contributed by atoms with van der Waals surface area (Å²) in [5.74, 6) is 0.881. The molecule has 0 bridgehead atoms. The summed E-state index contributed by atoms with van der Waals surface area (Å²) in [6, 6.07) is 9.97. The molecule has 0 aliphatic carbocycles. The molecule has 0 atom stereocenters. The van der Waals surface area contributed by atoms with Gasteiger partial charge in [-0.05, 0) is 18.2 Å². The minimum Gasteiger partial charge on any atom is -0.497 e. The Bertz CT molecular complexity index is 602. The SMILES string of the molecule is COc1ccc(OCc2cccc(OC)c2F)c(N)c1. The molecule has 2 aromatic rings. The lowest BCUT2D eigenvalue weighted by Gasteiger charge is -2.11. The first kappa shape index (κ1) is 14.0. The Morgan fingerprint density at radius 2 is 1.85 bits per heavy atom. The van der Waals surface area contributed by atoms with Gasteiger partial charge in [0.05, 0.1) is 19.9 Å². The van der Waals surface area contributed by atoms with E-state index in [1.54, 1.807) is 43.5 Å². The highest BCUT2D eigenvalue weighted by atomic mass is 19.1. The zero-order valence-electron chi connectivity index (χ0n) is 11.4. The molecule has 0 unspecified atom stereocenters. The van der Waals surface area contributed by atoms with Crippen LogP contribution >= 0.6 is 0 Å². The zero-order valence-corrected chi connectivity index (χ0v) is 11.4. The van der Waals surface area contributed by atoms with E-state index in [1.165, 1.54) is 7.11 Å². The van der Waals surface area contributed by atoms with E-state index in [0.717, 1.165) is 0 Å². The lowest BCUT2D eigenvalue weighted by atomic mass is 10.2. The number of methoxy groups -OCH3 is 2. The second-order valence-electron chi connectivity index (χ2n) is 4.13. The van der Waals surface area contributed by atoms with Crippen LogP contribution in [0.15, 0.2) is 36.4 Å². The molecule has 0 heterocycles. The van der Waals surface area contributed by atoms with E-state index in [9.17, 15) is 4.39 Å². The van der Waals surface area contributed by atoms with Crippen LogP contribution < -0.4 is 19.9 Å². The van der Waals surface area contributed by atoms with Gasteiger partial charge in [0.2, 0.25) is 0 Å². The maximum atomic E-state index is 13.9. The second-order valence-corrected chi connectivity index (χ2v) is 4.13. The molecular weight excluding hydrogens is 261 g/mol. The van der Waals surface area contributed by atoms with E-state index in [4.69, 9.17) is 19.9 Å². The number of anilines is 1. The van der Waals surface area contributed by atoms with E-state index in [2.05, 4.69) is 0 Å². The molecule has 2 rings (SSSR count). The van der Waals surface area contributed by atoms with Crippen LogP contribution in [0.25, 0.3) is 0 Å². The largest absolute Gasteiger partial charge is 0.497 e. The molecule has 5 heteroatoms. The molecule has 0 aliphatic rings. The normalized spacial score (nSPS) is 10.2. The fourth-order valence-corrected chi connectivity index (χ4v) is 1.77. The second kappa shape index (κ2) is 6.14. The molecule has 0 saturated heterocycles. The molecule has 0 spiro atoms. The summed E-state index contributed by atoms with van der Waals surface area (Å²) in [7, 11) is 2.98. The van der Waals surface area contributed by atoms with Crippen molar-refractivity contribution in [2.24, 2.45) is 0 Å². The monoisotopic (exact) mass is 277 g/mol. The predicted octanol–water partition coefficient (Wildman–Crippen LogP) is 3.00. The molecule has 4 nitrogen and oxygen atoms in total. The van der Waals surface area contributed by atoms with Crippen molar-refractivity contribution in [2.75, 3.05) is 20.0 Å². The minimum atomic E-state index is -0.429. The molecule has 2 N–H and O–H groups in total. The van der Waals surface area contributed by atoms with Crippen molar-refractivity contribution < 1.29 is 18.6 Å². The summed E-state index contributed by atoms with van der Waals surface area (Å²) in [5, 5.41) is 0. The molecule has 0 fully saturated rings. The van der Waals surface area contributed by atoms with Crippen LogP contribution in [0.2, 0.25) is 0 Å². The highest BCUT2D eigenvalue weighted by Crippen LogP contribution is 2.28. The Labute approximate surface area is 116 Å². The molecule has 0 aliphatic heterocycles. The Morgan fingerprint density at radius 1 is 1.05 bits per heavy atom. The lowest BCUT2D eigenvalue weighted by molar-refractivity contribution is 0.296. The summed E-state index contributed by atoms with van der Waals surface area (Å²) in [6.07, 6.45) is 0. The number of halogens is 1. The number of rotatable bonds is 5. The predicted molar refractivity (Wildman–Crippen MR) is 74.7 cm³/mol. The number of nitrogen functional groups attached to an aromatic ring is 1. The number of hydrogen-bond donors (Lipinski definition) is 1. The molecule has 0 aromatic heterocycles. The van der Waals surface area contributed by atoms with E-state index in [0.29, 0.717) is 22.7 Å². The third kappa shape index (κ3) is 2.93. The van der Waals surface area contributed by atoms with Gasteiger partial charge in [0.1, 0.15) is 18.1 Å². The van der Waals surface area contributed by atoms with E-state index < -0.39 is 5.82 Å². The average molecular weight is 277 g/mol. The molecular formula is C15H16FNO3. The van der Waals surface area contributed by atoms with Gasteiger partial charge in [0.15, 0.2) is 11.6 Å². The van der Waals surface area contributed by atoms with E-state index in [-0.39, 0.29) is 12.4 Å². The van der Waals surface area contributed by atoms with Crippen molar-refractivity contribution in [2.45, 2.75) is 6.61 Å². The summed E-state index contributed by atoms with van der Waals surface area (Å²) >= 11 is 0. The zero-order chi connectivity index (χ0) is 14.5. The number of hydrogen-bond acceptors (Lipinski definition) is 4. The minimum absolute atomic E-state index is 0.0690. The van der Waals surface area contributed by atoms with Crippen LogP contribution in [0.1, 0.15) is 5.56 Å². The summed E-state index contributed by atoms with van der Waals surface area (Å²) < 4.78 is 29.4. The Hall–Kier alpha value is -2.43. The van der Waals surface area contributed by atoms with Gasteiger partial charge in [-0.15, -0.1) is 0 Å². The summed E-state index contributed by atoms with van der Waals surface area (Å²) in [6.45, 7) is 0.0690. The topological polar surface area (TPSA) is 53.7 Å². The molecule has 2 aromatic carbocycles. The maximum absolute atomic E-state index is 13.9. The number of ether oxygens (including phenoxy) is 3. The standard InChI is InChI=1S/C15H16FNO3/c1-18-11-6-7-13(12(17)8-11)20-9-10-4-3-5-14(19-2)15(10)16/h3-8H,9,17H2,1-2H3. The van der Waals surface area contributed by atoms with E-state index >= 15 is 0 Å². The molecule has 106 valence electrons. The fourth-order valence-electron chi connectivity index (χ4n) is 1.77. The quantitative estimate of drug-likeness (QED) is 0.854. The molecule has 0 amide bonds. The molecule has 20 heavy (non-hydrogen) atoms. The fraction of sp³-hybridized carbons (Fsp3) is 0.200. The van der Waals surface area contributed by atoms with Gasteiger partial charge in [0.25, 0.3) is 0 Å². The summed E-state index contributed by atoms with van der Waals surface area (Å²) in [4.78, 5) is 0. The first-order chi connectivity index (χ1) is 9.65. The van der Waals surface area contributed by atoms with Crippen molar-refractivity contribution in [3.8, 4) is 17.2 Å². The number of nitrogens with two attached hydrogens (primary N) is 1. The smallest absolute Gasteiger partial charge is 0.171 e. The van der Waals surface area contributed by atoms with Crippen molar-refractivity contribution in [1.82, 2.24) is 0 Å². The van der Waals surface area contributed by atoms with Crippen molar-refractivity contribution in [3.05, 3.63) is 47.8 Å². The Morgan fingerprint density at radius 3 is 2.50 bits per heavy atom. The van der Waals surface area contributed by atoms with Crippen LogP contribution in [0.4, 0.5) is 10.1 Å². The highest BCUT2D eigenvalue weighted by molar-refractivity contribution is 5.56. The van der Waals surface area contributed by atoms with Crippen molar-refractivity contribution in [1.29, 1.82) is 0 Å². The van der Waals surface area contributed by atoms with Crippen molar-refractivity contribution in [3.63, 3.8) is 0 Å². The van der Waals surface area contributed by atoms with Crippen LogP contribution in [0, 0.1) is 5.82 Å². The van der Waals surface area contributed by atoms with Crippen LogP contribution in [-0.4, -0.2) is 14.2 Å². The third-order valence-electron chi connectivity index (χ3n) is 2.86. The van der Waals surface area contributed by atoms with E-state index in [1.807, 2.05) is 0 Å². The number of benzene rings is 2. The van der Waals surface area contributed by atoms with Gasteiger partial charge in [-0.1, -0.05) is 12.1 Å². The van der Waals surface area contributed by atoms with Crippen LogP contribution in [-0.2, 0) is 6.61 Å². The average Bonchev–Trinajstić information content (AvgIpc) is 2.47. The highest BCUT2D eigenvalue weighted by Gasteiger charge is 2.10. The Balaban J connectivity index is 2.13. The molecule has 0 saturated carbocycles. The van der Waals surface area contributed by atoms with Gasteiger partial charge in [-0.3, -0.25) is 0 Å². The first-order valence-corrected chi connectivity index (χ1v) is 6.03. The van der Waals surface area contributed by atoms with Gasteiger partial charge >= 0.3 is 0 Å².